The maximum atomic E-state index is 12.8. The van der Waals surface area contributed by atoms with Gasteiger partial charge >= 0.3 is 0 Å². The van der Waals surface area contributed by atoms with Crippen LogP contribution in [0.2, 0.25) is 0 Å². The van der Waals surface area contributed by atoms with E-state index in [1.807, 2.05) is 17.0 Å². The molecule has 1 atom stereocenters. The molecular weight excluding hydrogens is 465 g/mol. The molecule has 8 heteroatoms. The number of anilines is 1. The Bertz CT molecular complexity index is 1100. The summed E-state index contributed by atoms with van der Waals surface area (Å²) in [6.07, 6.45) is 0.863. The molecule has 1 aromatic heterocycles. The van der Waals surface area contributed by atoms with Crippen LogP contribution >= 0.6 is 11.6 Å². The minimum atomic E-state index is -0.250. The van der Waals surface area contributed by atoms with Crippen molar-refractivity contribution in [2.24, 2.45) is 0 Å². The topological polar surface area (TPSA) is 78.1 Å². The Hall–Kier alpha value is -1.76. The van der Waals surface area contributed by atoms with Crippen molar-refractivity contribution in [3.63, 3.8) is 0 Å². The van der Waals surface area contributed by atoms with E-state index in [0.29, 0.717) is 29.0 Å². The molecule has 2 heterocycles. The van der Waals surface area contributed by atoms with Crippen molar-refractivity contribution in [3.8, 4) is 0 Å². The van der Waals surface area contributed by atoms with Crippen LogP contribution in [-0.2, 0) is 49.8 Å². The van der Waals surface area contributed by atoms with E-state index in [2.05, 4.69) is 40.4 Å². The minimum Gasteiger partial charge on any atom is -0.398 e. The summed E-state index contributed by atoms with van der Waals surface area (Å²) in [5.74, 6) is 0.559. The number of amides is 1. The van der Waals surface area contributed by atoms with Gasteiger partial charge in [-0.2, -0.15) is 12.1 Å². The molecule has 0 fully saturated rings. The number of carbonyl (C=O) groups excluding carboxylic acids is 1. The monoisotopic (exact) mass is 484 g/mol. The Kier molecular flexibility index (Phi) is 7.09. The number of halogens is 1. The van der Waals surface area contributed by atoms with Gasteiger partial charge < -0.3 is 15.2 Å². The SMILES string of the molecule is CC1c2ccccc2CCN1C(=O)CNc1[c-]cc2c(=O)[nH]c(CCl)nc2c1.[Y]. The molecule has 1 amide bonds. The Labute approximate surface area is 198 Å². The van der Waals surface area contributed by atoms with E-state index in [1.54, 1.807) is 12.1 Å². The second-order valence-corrected chi connectivity index (χ2v) is 7.12. The van der Waals surface area contributed by atoms with E-state index in [0.717, 1.165) is 6.42 Å². The average Bonchev–Trinajstić information content (AvgIpc) is 2.72. The number of hydrogen-bond acceptors (Lipinski definition) is 4. The van der Waals surface area contributed by atoms with E-state index >= 15 is 0 Å². The van der Waals surface area contributed by atoms with E-state index in [-0.39, 0.29) is 62.6 Å². The van der Waals surface area contributed by atoms with E-state index in [9.17, 15) is 9.59 Å². The molecule has 1 unspecified atom stereocenters. The molecule has 1 aliphatic rings. The van der Waals surface area contributed by atoms with Gasteiger partial charge in [-0.05, 0) is 35.4 Å². The van der Waals surface area contributed by atoms with Crippen LogP contribution in [-0.4, -0.2) is 33.9 Å². The number of nitrogens with one attached hydrogen (secondary N) is 2. The van der Waals surface area contributed by atoms with Crippen LogP contribution in [0.3, 0.4) is 0 Å². The molecule has 3 aromatic rings. The normalized spacial score (nSPS) is 15.5. The standard InChI is InChI=1S/C21H20ClN4O2.Y/c1-13-16-5-3-2-4-14(16)8-9-26(13)20(27)12-23-15-6-7-17-18(10-15)24-19(11-22)25-21(17)28;/h2-5,7,10,13,23H,8-9,11-12H2,1H3,(H,24,25,28);/q-1;. The van der Waals surface area contributed by atoms with Gasteiger partial charge in [-0.25, -0.2) is 0 Å². The molecule has 0 saturated carbocycles. The summed E-state index contributed by atoms with van der Waals surface area (Å²) in [7, 11) is 0. The zero-order valence-electron chi connectivity index (χ0n) is 16.0. The molecule has 0 saturated heterocycles. The van der Waals surface area contributed by atoms with E-state index in [1.165, 1.54) is 11.1 Å². The van der Waals surface area contributed by atoms with Gasteiger partial charge in [-0.15, -0.1) is 17.7 Å². The number of aromatic amines is 1. The van der Waals surface area contributed by atoms with Crippen LogP contribution in [0.15, 0.2) is 41.2 Å². The Morgan fingerprint density at radius 2 is 2.21 bits per heavy atom. The van der Waals surface area contributed by atoms with Crippen molar-refractivity contribution in [1.29, 1.82) is 0 Å². The zero-order valence-corrected chi connectivity index (χ0v) is 19.6. The van der Waals surface area contributed by atoms with Crippen LogP contribution in [0.1, 0.15) is 29.9 Å². The number of hydrogen-bond donors (Lipinski definition) is 2. The number of rotatable bonds is 4. The Morgan fingerprint density at radius 3 is 3.00 bits per heavy atom. The minimum absolute atomic E-state index is 0. The summed E-state index contributed by atoms with van der Waals surface area (Å²) in [5.41, 5.74) is 3.40. The van der Waals surface area contributed by atoms with Crippen molar-refractivity contribution >= 4 is 34.1 Å². The second-order valence-electron chi connectivity index (χ2n) is 6.86. The van der Waals surface area contributed by atoms with Crippen LogP contribution in [0, 0.1) is 6.07 Å². The zero-order chi connectivity index (χ0) is 19.7. The van der Waals surface area contributed by atoms with Gasteiger partial charge in [0.25, 0.3) is 0 Å². The fraction of sp³-hybridized carbons (Fsp3) is 0.286. The summed E-state index contributed by atoms with van der Waals surface area (Å²) in [4.78, 5) is 33.6. The first-order chi connectivity index (χ1) is 13.6. The summed E-state index contributed by atoms with van der Waals surface area (Å²) in [5, 5.41) is 3.54. The summed E-state index contributed by atoms with van der Waals surface area (Å²) < 4.78 is 0. The fourth-order valence-electron chi connectivity index (χ4n) is 3.68. The quantitative estimate of drug-likeness (QED) is 0.441. The number of alkyl halides is 1. The van der Waals surface area contributed by atoms with Gasteiger partial charge in [0, 0.05) is 39.3 Å². The van der Waals surface area contributed by atoms with Crippen LogP contribution in [0.4, 0.5) is 5.69 Å². The summed E-state index contributed by atoms with van der Waals surface area (Å²) in [6.45, 7) is 2.91. The van der Waals surface area contributed by atoms with Crippen LogP contribution < -0.4 is 10.9 Å². The maximum absolute atomic E-state index is 12.8. The fourth-order valence-corrected chi connectivity index (χ4v) is 3.80. The number of carbonyl (C=O) groups is 1. The van der Waals surface area contributed by atoms with Gasteiger partial charge in [0.05, 0.1) is 18.5 Å². The number of aromatic nitrogens is 2. The molecule has 1 aliphatic heterocycles. The smallest absolute Gasteiger partial charge is 0.242 e. The largest absolute Gasteiger partial charge is 0.398 e. The third-order valence-corrected chi connectivity index (χ3v) is 5.41. The summed E-state index contributed by atoms with van der Waals surface area (Å²) >= 11 is 5.77. The molecule has 0 bridgehead atoms. The van der Waals surface area contributed by atoms with Gasteiger partial charge in [0.2, 0.25) is 11.5 Å². The molecule has 2 N–H and O–H groups in total. The number of fused-ring (bicyclic) bond motifs is 2. The van der Waals surface area contributed by atoms with E-state index in [4.69, 9.17) is 11.6 Å². The molecule has 6 nitrogen and oxygen atoms in total. The molecule has 0 spiro atoms. The summed E-state index contributed by atoms with van der Waals surface area (Å²) in [6, 6.07) is 14.6. The first-order valence-corrected chi connectivity index (χ1v) is 9.72. The van der Waals surface area contributed by atoms with Crippen molar-refractivity contribution in [2.45, 2.75) is 25.3 Å². The number of nitrogens with zero attached hydrogens (tertiary/aromatic N) is 2. The average molecular weight is 485 g/mol. The molecule has 2 aromatic carbocycles. The number of H-pyrrole nitrogens is 1. The van der Waals surface area contributed by atoms with Crippen molar-refractivity contribution < 1.29 is 37.5 Å². The third kappa shape index (κ3) is 4.55. The molecule has 147 valence electrons. The molecule has 1 radical (unpaired) electrons. The Balaban J connectivity index is 0.00000240. The molecule has 29 heavy (non-hydrogen) atoms. The van der Waals surface area contributed by atoms with Crippen LogP contribution in [0.5, 0.6) is 0 Å². The van der Waals surface area contributed by atoms with Gasteiger partial charge in [-0.3, -0.25) is 14.6 Å². The first-order valence-electron chi connectivity index (χ1n) is 9.18. The molecule has 4 rings (SSSR count). The number of benzene rings is 2. The van der Waals surface area contributed by atoms with Gasteiger partial charge in [0.15, 0.2) is 0 Å². The second kappa shape index (κ2) is 9.37. The van der Waals surface area contributed by atoms with E-state index < -0.39 is 0 Å². The molecular formula is C21H20ClN4O2Y-. The van der Waals surface area contributed by atoms with Crippen molar-refractivity contribution in [3.05, 3.63) is 69.8 Å². The Morgan fingerprint density at radius 1 is 1.41 bits per heavy atom. The van der Waals surface area contributed by atoms with Crippen molar-refractivity contribution in [2.75, 3.05) is 18.4 Å². The molecule has 0 aliphatic carbocycles. The first kappa shape index (κ1) is 21.9. The van der Waals surface area contributed by atoms with Crippen molar-refractivity contribution in [1.82, 2.24) is 14.9 Å². The van der Waals surface area contributed by atoms with Gasteiger partial charge in [0.1, 0.15) is 5.82 Å². The van der Waals surface area contributed by atoms with Gasteiger partial charge in [-0.1, -0.05) is 30.0 Å². The van der Waals surface area contributed by atoms with Crippen LogP contribution in [0.25, 0.3) is 10.9 Å². The predicted octanol–water partition coefficient (Wildman–Crippen LogP) is 3.02. The third-order valence-electron chi connectivity index (χ3n) is 5.16. The predicted molar refractivity (Wildman–Crippen MR) is 110 cm³/mol. The maximum Gasteiger partial charge on any atom is 0.242 e.